The number of nitrogens with one attached hydrogen (secondary N) is 2. The fourth-order valence-corrected chi connectivity index (χ4v) is 3.92. The van der Waals surface area contributed by atoms with Crippen LogP contribution in [0.3, 0.4) is 0 Å². The molecule has 2 N–H and O–H groups in total. The minimum absolute atomic E-state index is 0.117. The average Bonchev–Trinajstić information content (AvgIpc) is 2.76. The maximum Gasteiger partial charge on any atom is 0.307 e. The zero-order chi connectivity index (χ0) is 21.5. The molecule has 1 atom stereocenters. The Morgan fingerprint density at radius 1 is 1.10 bits per heavy atom. The summed E-state index contributed by atoms with van der Waals surface area (Å²) in [5.41, 5.74) is 1.54. The van der Waals surface area contributed by atoms with Gasteiger partial charge in [-0.15, -0.1) is 11.8 Å². The maximum absolute atomic E-state index is 12.1. The van der Waals surface area contributed by atoms with Gasteiger partial charge in [0.25, 0.3) is 5.91 Å². The maximum atomic E-state index is 12.1. The summed E-state index contributed by atoms with van der Waals surface area (Å²) >= 11 is 1.31. The fraction of sp³-hybridized carbons (Fsp3) is 0.286. The second-order valence-corrected chi connectivity index (χ2v) is 7.67. The van der Waals surface area contributed by atoms with Gasteiger partial charge in [0.1, 0.15) is 0 Å². The topological polar surface area (TPSA) is 103 Å². The molecular weight excluding hydrogens is 408 g/mol. The van der Waals surface area contributed by atoms with Crippen molar-refractivity contribution in [3.05, 3.63) is 48.0 Å². The van der Waals surface area contributed by atoms with Gasteiger partial charge < -0.3 is 24.8 Å². The number of fused-ring (bicyclic) bond motifs is 1. The van der Waals surface area contributed by atoms with E-state index in [1.807, 2.05) is 18.2 Å². The molecule has 1 heterocycles. The summed E-state index contributed by atoms with van der Waals surface area (Å²) < 4.78 is 15.4. The van der Waals surface area contributed by atoms with Gasteiger partial charge in [-0.05, 0) is 29.8 Å². The van der Waals surface area contributed by atoms with Crippen molar-refractivity contribution in [2.75, 3.05) is 26.1 Å². The summed E-state index contributed by atoms with van der Waals surface area (Å²) in [5.74, 6) is -0.157. The highest BCUT2D eigenvalue weighted by molar-refractivity contribution is 8.01. The molecule has 0 fully saturated rings. The Bertz CT molecular complexity index is 949. The molecule has 2 amide bonds. The largest absolute Gasteiger partial charge is 0.493 e. The van der Waals surface area contributed by atoms with Crippen LogP contribution in [0.25, 0.3) is 0 Å². The molecule has 2 aromatic carbocycles. The van der Waals surface area contributed by atoms with Crippen LogP contribution in [0.1, 0.15) is 12.0 Å². The van der Waals surface area contributed by atoms with E-state index in [-0.39, 0.29) is 18.9 Å². The number of thioether (sulfide) groups is 1. The van der Waals surface area contributed by atoms with Crippen LogP contribution in [0, 0.1) is 0 Å². The number of anilines is 1. The lowest BCUT2D eigenvalue weighted by molar-refractivity contribution is -0.149. The Balaban J connectivity index is 1.44. The van der Waals surface area contributed by atoms with Crippen molar-refractivity contribution in [3.8, 4) is 11.5 Å². The van der Waals surface area contributed by atoms with Crippen LogP contribution in [-0.4, -0.2) is 43.9 Å². The summed E-state index contributed by atoms with van der Waals surface area (Å²) in [5, 5.41) is 4.85. The highest BCUT2D eigenvalue weighted by Gasteiger charge is 2.29. The predicted molar refractivity (Wildman–Crippen MR) is 112 cm³/mol. The molecule has 0 radical (unpaired) electrons. The zero-order valence-corrected chi connectivity index (χ0v) is 17.4. The standard InChI is InChI=1S/C21H22N2O6S/c1-27-15-8-7-13(9-16(15)28-2)11-22-19(24)12-29-20(25)10-18-21(26)23-14-5-3-4-6-17(14)30-18/h3-9,18H,10-12H2,1-2H3,(H,22,24)(H,23,26)/t18-/m0/s1. The number of hydrogen-bond donors (Lipinski definition) is 2. The van der Waals surface area contributed by atoms with Gasteiger partial charge in [0, 0.05) is 11.4 Å². The Morgan fingerprint density at radius 2 is 1.87 bits per heavy atom. The zero-order valence-electron chi connectivity index (χ0n) is 16.6. The number of ether oxygens (including phenoxy) is 3. The van der Waals surface area contributed by atoms with E-state index in [9.17, 15) is 14.4 Å². The summed E-state index contributed by atoms with van der Waals surface area (Å²) in [7, 11) is 3.07. The van der Waals surface area contributed by atoms with E-state index in [1.165, 1.54) is 18.9 Å². The molecule has 0 saturated carbocycles. The molecule has 1 aliphatic heterocycles. The van der Waals surface area contributed by atoms with Crippen molar-refractivity contribution >= 4 is 35.2 Å². The van der Waals surface area contributed by atoms with Gasteiger partial charge in [-0.3, -0.25) is 14.4 Å². The van der Waals surface area contributed by atoms with Crippen LogP contribution in [0.4, 0.5) is 5.69 Å². The summed E-state index contributed by atoms with van der Waals surface area (Å²) in [6.45, 7) is -0.171. The molecule has 8 nitrogen and oxygen atoms in total. The Labute approximate surface area is 178 Å². The number of methoxy groups -OCH3 is 2. The van der Waals surface area contributed by atoms with Crippen molar-refractivity contribution in [3.63, 3.8) is 0 Å². The third-order valence-electron chi connectivity index (χ3n) is 4.36. The minimum atomic E-state index is -0.608. The number of benzene rings is 2. The first-order valence-corrected chi connectivity index (χ1v) is 10.1. The molecule has 0 bridgehead atoms. The highest BCUT2D eigenvalue weighted by Crippen LogP contribution is 2.36. The first kappa shape index (κ1) is 21.5. The Hall–Kier alpha value is -3.20. The second kappa shape index (κ2) is 10.0. The highest BCUT2D eigenvalue weighted by atomic mass is 32.2. The van der Waals surface area contributed by atoms with E-state index < -0.39 is 23.7 Å². The molecule has 0 spiro atoms. The van der Waals surface area contributed by atoms with Gasteiger partial charge >= 0.3 is 5.97 Å². The molecule has 2 aromatic rings. The number of amides is 2. The van der Waals surface area contributed by atoms with Gasteiger partial charge in [-0.2, -0.15) is 0 Å². The molecule has 0 unspecified atom stereocenters. The van der Waals surface area contributed by atoms with Crippen molar-refractivity contribution < 1.29 is 28.6 Å². The third kappa shape index (κ3) is 5.44. The van der Waals surface area contributed by atoms with Crippen LogP contribution < -0.4 is 20.1 Å². The van der Waals surface area contributed by atoms with E-state index in [0.29, 0.717) is 11.5 Å². The number of para-hydroxylation sites is 1. The lowest BCUT2D eigenvalue weighted by atomic mass is 10.2. The molecular formula is C21H22N2O6S. The molecule has 0 aliphatic carbocycles. The molecule has 0 saturated heterocycles. The van der Waals surface area contributed by atoms with Crippen molar-refractivity contribution in [2.45, 2.75) is 23.1 Å². The van der Waals surface area contributed by atoms with Crippen LogP contribution in [0.15, 0.2) is 47.4 Å². The lowest BCUT2D eigenvalue weighted by Crippen LogP contribution is -2.33. The first-order valence-electron chi connectivity index (χ1n) is 9.20. The Morgan fingerprint density at radius 3 is 2.63 bits per heavy atom. The number of esters is 1. The predicted octanol–water partition coefficient (Wildman–Crippen LogP) is 2.37. The van der Waals surface area contributed by atoms with Gasteiger partial charge in [-0.25, -0.2) is 0 Å². The number of hydrogen-bond acceptors (Lipinski definition) is 7. The van der Waals surface area contributed by atoms with Crippen LogP contribution in [0.5, 0.6) is 11.5 Å². The van der Waals surface area contributed by atoms with Gasteiger partial charge in [0.15, 0.2) is 18.1 Å². The van der Waals surface area contributed by atoms with Gasteiger partial charge in [-0.1, -0.05) is 18.2 Å². The van der Waals surface area contributed by atoms with Gasteiger partial charge in [0.05, 0.1) is 31.6 Å². The van der Waals surface area contributed by atoms with E-state index in [4.69, 9.17) is 14.2 Å². The van der Waals surface area contributed by atoms with Crippen molar-refractivity contribution in [1.82, 2.24) is 5.32 Å². The molecule has 9 heteroatoms. The van der Waals surface area contributed by atoms with Crippen molar-refractivity contribution in [1.29, 1.82) is 0 Å². The lowest BCUT2D eigenvalue weighted by Gasteiger charge is -2.23. The minimum Gasteiger partial charge on any atom is -0.493 e. The number of carbonyl (C=O) groups is 3. The molecule has 30 heavy (non-hydrogen) atoms. The van der Waals surface area contributed by atoms with Crippen LogP contribution >= 0.6 is 11.8 Å². The van der Waals surface area contributed by atoms with E-state index >= 15 is 0 Å². The number of rotatable bonds is 8. The van der Waals surface area contributed by atoms with Crippen molar-refractivity contribution in [2.24, 2.45) is 0 Å². The Kier molecular flexibility index (Phi) is 7.18. The van der Waals surface area contributed by atoms with E-state index in [2.05, 4.69) is 10.6 Å². The molecule has 158 valence electrons. The SMILES string of the molecule is COc1ccc(CNC(=O)COC(=O)C[C@@H]2Sc3ccccc3NC2=O)cc1OC. The average molecular weight is 430 g/mol. The van der Waals surface area contributed by atoms with Gasteiger partial charge in [0.2, 0.25) is 5.91 Å². The van der Waals surface area contributed by atoms with Crippen LogP contribution in [-0.2, 0) is 25.7 Å². The normalized spacial score (nSPS) is 14.9. The smallest absolute Gasteiger partial charge is 0.307 e. The second-order valence-electron chi connectivity index (χ2n) is 6.42. The summed E-state index contributed by atoms with van der Waals surface area (Å²) in [6, 6.07) is 12.7. The molecule has 0 aromatic heterocycles. The molecule has 3 rings (SSSR count). The first-order chi connectivity index (χ1) is 14.5. The fourth-order valence-electron chi connectivity index (χ4n) is 2.83. The van der Waals surface area contributed by atoms with E-state index in [1.54, 1.807) is 31.4 Å². The monoisotopic (exact) mass is 430 g/mol. The third-order valence-corrected chi connectivity index (χ3v) is 5.64. The summed E-state index contributed by atoms with van der Waals surface area (Å²) in [4.78, 5) is 37.1. The quantitative estimate of drug-likeness (QED) is 0.620. The summed E-state index contributed by atoms with van der Waals surface area (Å²) in [6.07, 6.45) is -0.117. The number of carbonyl (C=O) groups excluding carboxylic acids is 3. The van der Waals surface area contributed by atoms with E-state index in [0.717, 1.165) is 16.1 Å². The van der Waals surface area contributed by atoms with Crippen LogP contribution in [0.2, 0.25) is 0 Å². The molecule has 1 aliphatic rings.